The highest BCUT2D eigenvalue weighted by Crippen LogP contribution is 2.66. The van der Waals surface area contributed by atoms with Crippen LogP contribution >= 0.6 is 0 Å². The van der Waals surface area contributed by atoms with Crippen LogP contribution in [-0.4, -0.2) is 6.04 Å². The lowest BCUT2D eigenvalue weighted by atomic mass is 9.69. The van der Waals surface area contributed by atoms with E-state index in [2.05, 4.69) is 58.1 Å². The lowest BCUT2D eigenvalue weighted by molar-refractivity contribution is 0.142. The van der Waals surface area contributed by atoms with Gasteiger partial charge in [-0.3, -0.25) is 0 Å². The predicted octanol–water partition coefficient (Wildman–Crippen LogP) is 5.18. The Morgan fingerprint density at radius 3 is 2.55 bits per heavy atom. The molecule has 2 aliphatic carbocycles. The molecule has 0 spiro atoms. The molecule has 2 aliphatic rings. The van der Waals surface area contributed by atoms with Crippen LogP contribution in [0.2, 0.25) is 0 Å². The minimum atomic E-state index is 0.449. The van der Waals surface area contributed by atoms with Crippen LogP contribution in [-0.2, 0) is 6.42 Å². The summed E-state index contributed by atoms with van der Waals surface area (Å²) in [5.74, 6) is 0.902. The molecule has 2 saturated carbocycles. The van der Waals surface area contributed by atoms with Crippen molar-refractivity contribution in [3.63, 3.8) is 0 Å². The SMILES string of the molecule is CCc1cccc(C)c1NC1CC2CCC1(C)C2(C)C. The quantitative estimate of drug-likeness (QED) is 0.798. The van der Waals surface area contributed by atoms with E-state index < -0.39 is 0 Å². The standard InChI is InChI=1S/C19H29N/c1-6-14-9-7-8-13(2)17(14)20-16-12-15-10-11-19(16,5)18(15,3)4/h7-9,15-16,20H,6,10-12H2,1-5H3. The third-order valence-corrected chi connectivity index (χ3v) is 6.85. The van der Waals surface area contributed by atoms with Crippen LogP contribution in [0.5, 0.6) is 0 Å². The minimum Gasteiger partial charge on any atom is -0.381 e. The first-order valence-electron chi connectivity index (χ1n) is 8.25. The van der Waals surface area contributed by atoms with Gasteiger partial charge in [-0.2, -0.15) is 0 Å². The van der Waals surface area contributed by atoms with Gasteiger partial charge in [0.25, 0.3) is 0 Å². The zero-order chi connectivity index (χ0) is 14.5. The summed E-state index contributed by atoms with van der Waals surface area (Å²) >= 11 is 0. The fraction of sp³-hybridized carbons (Fsp3) is 0.684. The summed E-state index contributed by atoms with van der Waals surface area (Å²) in [4.78, 5) is 0. The number of hydrogen-bond acceptors (Lipinski definition) is 1. The molecule has 1 aromatic rings. The van der Waals surface area contributed by atoms with Crippen LogP contribution in [0, 0.1) is 23.7 Å². The van der Waals surface area contributed by atoms with Crippen molar-refractivity contribution in [2.45, 2.75) is 66.3 Å². The molecular weight excluding hydrogens is 242 g/mol. The van der Waals surface area contributed by atoms with E-state index >= 15 is 0 Å². The van der Waals surface area contributed by atoms with Gasteiger partial charge >= 0.3 is 0 Å². The average Bonchev–Trinajstić information content (AvgIpc) is 2.74. The van der Waals surface area contributed by atoms with E-state index in [4.69, 9.17) is 0 Å². The van der Waals surface area contributed by atoms with Gasteiger partial charge in [-0.15, -0.1) is 0 Å². The first kappa shape index (κ1) is 14.0. The van der Waals surface area contributed by atoms with Gasteiger partial charge in [-0.1, -0.05) is 45.9 Å². The van der Waals surface area contributed by atoms with E-state index in [1.165, 1.54) is 36.1 Å². The molecule has 2 bridgehead atoms. The van der Waals surface area contributed by atoms with Crippen molar-refractivity contribution in [2.24, 2.45) is 16.7 Å². The molecule has 1 nitrogen and oxygen atoms in total. The first-order valence-corrected chi connectivity index (χ1v) is 8.25. The number of nitrogens with one attached hydrogen (secondary N) is 1. The van der Waals surface area contributed by atoms with Gasteiger partial charge in [0.15, 0.2) is 0 Å². The number of para-hydroxylation sites is 1. The summed E-state index contributed by atoms with van der Waals surface area (Å²) in [5, 5.41) is 3.96. The Labute approximate surface area is 124 Å². The smallest absolute Gasteiger partial charge is 0.0404 e. The molecule has 3 rings (SSSR count). The van der Waals surface area contributed by atoms with Crippen molar-refractivity contribution in [3.05, 3.63) is 29.3 Å². The van der Waals surface area contributed by atoms with Crippen LogP contribution in [0.25, 0.3) is 0 Å². The second kappa shape index (κ2) is 4.51. The second-order valence-corrected chi connectivity index (χ2v) is 7.77. The lowest BCUT2D eigenvalue weighted by Gasteiger charge is -2.40. The zero-order valence-electron chi connectivity index (χ0n) is 13.7. The molecule has 3 atom stereocenters. The largest absolute Gasteiger partial charge is 0.381 e. The molecule has 3 unspecified atom stereocenters. The Hall–Kier alpha value is -0.980. The van der Waals surface area contributed by atoms with Crippen LogP contribution in [0.4, 0.5) is 5.69 Å². The Kier molecular flexibility index (Phi) is 3.15. The summed E-state index contributed by atoms with van der Waals surface area (Å²) in [6.07, 6.45) is 5.27. The van der Waals surface area contributed by atoms with Gasteiger partial charge in [0.2, 0.25) is 0 Å². The van der Waals surface area contributed by atoms with Crippen molar-refractivity contribution >= 4 is 5.69 Å². The van der Waals surface area contributed by atoms with Gasteiger partial charge in [-0.25, -0.2) is 0 Å². The maximum absolute atomic E-state index is 3.96. The van der Waals surface area contributed by atoms with Crippen LogP contribution in [0.1, 0.15) is 58.1 Å². The normalized spacial score (nSPS) is 34.5. The summed E-state index contributed by atoms with van der Waals surface area (Å²) in [6.45, 7) is 12.0. The molecule has 1 heteroatoms. The monoisotopic (exact) mass is 271 g/mol. The molecule has 1 N–H and O–H groups in total. The van der Waals surface area contributed by atoms with Crippen molar-refractivity contribution in [1.29, 1.82) is 0 Å². The predicted molar refractivity (Wildman–Crippen MR) is 87.2 cm³/mol. The van der Waals surface area contributed by atoms with Gasteiger partial charge in [0.05, 0.1) is 0 Å². The van der Waals surface area contributed by atoms with Gasteiger partial charge in [-0.05, 0) is 60.5 Å². The molecule has 2 fully saturated rings. The summed E-state index contributed by atoms with van der Waals surface area (Å²) in [6, 6.07) is 7.34. The highest BCUT2D eigenvalue weighted by molar-refractivity contribution is 5.58. The Bertz CT molecular complexity index is 516. The van der Waals surface area contributed by atoms with Gasteiger partial charge in [0, 0.05) is 11.7 Å². The molecule has 1 aromatic carbocycles. The van der Waals surface area contributed by atoms with E-state index in [1.54, 1.807) is 0 Å². The van der Waals surface area contributed by atoms with E-state index in [0.717, 1.165) is 12.3 Å². The average molecular weight is 271 g/mol. The van der Waals surface area contributed by atoms with Gasteiger partial charge in [0.1, 0.15) is 0 Å². The Balaban J connectivity index is 1.91. The number of hydrogen-bond donors (Lipinski definition) is 1. The van der Waals surface area contributed by atoms with Crippen molar-refractivity contribution in [1.82, 2.24) is 0 Å². The molecular formula is C19H29N. The first-order chi connectivity index (χ1) is 9.40. The van der Waals surface area contributed by atoms with Crippen molar-refractivity contribution < 1.29 is 0 Å². The third kappa shape index (κ3) is 1.75. The van der Waals surface area contributed by atoms with Crippen LogP contribution in [0.3, 0.4) is 0 Å². The molecule has 0 heterocycles. The third-order valence-electron chi connectivity index (χ3n) is 6.85. The zero-order valence-corrected chi connectivity index (χ0v) is 13.7. The molecule has 0 amide bonds. The summed E-state index contributed by atoms with van der Waals surface area (Å²) in [7, 11) is 0. The number of benzene rings is 1. The van der Waals surface area contributed by atoms with Gasteiger partial charge < -0.3 is 5.32 Å². The summed E-state index contributed by atoms with van der Waals surface area (Å²) in [5.41, 5.74) is 5.21. The fourth-order valence-corrected chi connectivity index (χ4v) is 4.83. The summed E-state index contributed by atoms with van der Waals surface area (Å²) < 4.78 is 0. The van der Waals surface area contributed by atoms with E-state index in [0.29, 0.717) is 16.9 Å². The fourth-order valence-electron chi connectivity index (χ4n) is 4.83. The Morgan fingerprint density at radius 2 is 2.00 bits per heavy atom. The number of rotatable bonds is 3. The highest BCUT2D eigenvalue weighted by atomic mass is 15.0. The maximum Gasteiger partial charge on any atom is 0.0404 e. The molecule has 0 radical (unpaired) electrons. The van der Waals surface area contributed by atoms with E-state index in [1.807, 2.05) is 0 Å². The second-order valence-electron chi connectivity index (χ2n) is 7.77. The lowest BCUT2D eigenvalue weighted by Crippen LogP contribution is -2.40. The van der Waals surface area contributed by atoms with Crippen LogP contribution in [0.15, 0.2) is 18.2 Å². The number of aryl methyl sites for hydroxylation is 2. The molecule has 0 aliphatic heterocycles. The highest BCUT2D eigenvalue weighted by Gasteiger charge is 2.61. The maximum atomic E-state index is 3.96. The van der Waals surface area contributed by atoms with Crippen molar-refractivity contribution in [2.75, 3.05) is 5.32 Å². The number of anilines is 1. The topological polar surface area (TPSA) is 12.0 Å². The van der Waals surface area contributed by atoms with E-state index in [-0.39, 0.29) is 0 Å². The molecule has 0 saturated heterocycles. The minimum absolute atomic E-state index is 0.449. The number of fused-ring (bicyclic) bond motifs is 2. The Morgan fingerprint density at radius 1 is 1.25 bits per heavy atom. The molecule has 20 heavy (non-hydrogen) atoms. The van der Waals surface area contributed by atoms with Crippen LogP contribution < -0.4 is 5.32 Å². The van der Waals surface area contributed by atoms with Crippen molar-refractivity contribution in [3.8, 4) is 0 Å². The molecule has 110 valence electrons. The van der Waals surface area contributed by atoms with E-state index in [9.17, 15) is 0 Å². The molecule has 0 aromatic heterocycles.